The van der Waals surface area contributed by atoms with Gasteiger partial charge in [0.25, 0.3) is 0 Å². The summed E-state index contributed by atoms with van der Waals surface area (Å²) in [6.07, 6.45) is 0. The zero-order valence-corrected chi connectivity index (χ0v) is 10.9. The molecule has 0 fully saturated rings. The van der Waals surface area contributed by atoms with Gasteiger partial charge in [0.05, 0.1) is 11.6 Å². The Morgan fingerprint density at radius 2 is 1.89 bits per heavy atom. The van der Waals surface area contributed by atoms with E-state index >= 15 is 0 Å². The monoisotopic (exact) mass is 305 g/mol. The third kappa shape index (κ3) is 3.31. The van der Waals surface area contributed by atoms with E-state index in [4.69, 9.17) is 10.00 Å². The van der Waals surface area contributed by atoms with Crippen molar-refractivity contribution in [3.63, 3.8) is 0 Å². The third-order valence-corrected chi connectivity index (χ3v) is 2.83. The van der Waals surface area contributed by atoms with E-state index in [2.05, 4.69) is 15.9 Å². The van der Waals surface area contributed by atoms with Gasteiger partial charge < -0.3 is 4.74 Å². The van der Waals surface area contributed by atoms with Gasteiger partial charge in [0.1, 0.15) is 18.2 Å². The van der Waals surface area contributed by atoms with Crippen molar-refractivity contribution in [2.24, 2.45) is 0 Å². The van der Waals surface area contributed by atoms with E-state index in [9.17, 15) is 4.39 Å². The smallest absolute Gasteiger partial charge is 0.124 e. The molecule has 90 valence electrons. The van der Waals surface area contributed by atoms with Crippen molar-refractivity contribution in [2.75, 3.05) is 0 Å². The van der Waals surface area contributed by atoms with E-state index in [-0.39, 0.29) is 6.61 Å². The summed E-state index contributed by atoms with van der Waals surface area (Å²) in [5.74, 6) is 0.268. The minimum Gasteiger partial charge on any atom is -0.489 e. The molecule has 0 saturated carbocycles. The van der Waals surface area contributed by atoms with Gasteiger partial charge in [0, 0.05) is 4.47 Å². The molecule has 0 spiro atoms. The summed E-state index contributed by atoms with van der Waals surface area (Å²) in [6.45, 7) is 0.230. The number of nitrogens with zero attached hydrogens (tertiary/aromatic N) is 1. The highest BCUT2D eigenvalue weighted by molar-refractivity contribution is 9.10. The van der Waals surface area contributed by atoms with Crippen molar-refractivity contribution < 1.29 is 9.13 Å². The maximum Gasteiger partial charge on any atom is 0.124 e. The summed E-state index contributed by atoms with van der Waals surface area (Å²) >= 11 is 3.33. The molecule has 2 rings (SSSR count). The Hall–Kier alpha value is -1.86. The first-order valence-corrected chi connectivity index (χ1v) is 6.04. The second-order valence-electron chi connectivity index (χ2n) is 3.70. The fraction of sp³-hybridized carbons (Fsp3) is 0.0714. The molecule has 0 aliphatic heterocycles. The predicted octanol–water partition coefficient (Wildman–Crippen LogP) is 4.04. The van der Waals surface area contributed by atoms with Crippen LogP contribution >= 0.6 is 15.9 Å². The van der Waals surface area contributed by atoms with Gasteiger partial charge in [0.15, 0.2) is 0 Å². The van der Waals surface area contributed by atoms with Crippen molar-refractivity contribution >= 4 is 15.9 Å². The van der Waals surface area contributed by atoms with E-state index in [0.29, 0.717) is 16.9 Å². The van der Waals surface area contributed by atoms with E-state index in [1.807, 2.05) is 30.3 Å². The minimum atomic E-state index is -0.427. The fourth-order valence-corrected chi connectivity index (χ4v) is 1.76. The van der Waals surface area contributed by atoms with E-state index in [1.165, 1.54) is 12.1 Å². The van der Waals surface area contributed by atoms with Crippen LogP contribution in [0.25, 0.3) is 0 Å². The van der Waals surface area contributed by atoms with Gasteiger partial charge in [0.2, 0.25) is 0 Å². The maximum absolute atomic E-state index is 13.2. The van der Waals surface area contributed by atoms with Crippen LogP contribution < -0.4 is 4.74 Å². The molecule has 4 heteroatoms. The van der Waals surface area contributed by atoms with Gasteiger partial charge in [-0.2, -0.15) is 5.26 Å². The Kier molecular flexibility index (Phi) is 3.96. The molecule has 18 heavy (non-hydrogen) atoms. The second-order valence-corrected chi connectivity index (χ2v) is 4.62. The molecule has 2 nitrogen and oxygen atoms in total. The molecule has 0 radical (unpaired) electrons. The molecular formula is C14H9BrFNO. The van der Waals surface area contributed by atoms with E-state index in [1.54, 1.807) is 6.07 Å². The number of benzene rings is 2. The zero-order valence-electron chi connectivity index (χ0n) is 9.36. The van der Waals surface area contributed by atoms with Gasteiger partial charge >= 0.3 is 0 Å². The summed E-state index contributed by atoms with van der Waals surface area (Å²) in [5.41, 5.74) is 0.930. The van der Waals surface area contributed by atoms with Crippen molar-refractivity contribution in [1.82, 2.24) is 0 Å². The average molecular weight is 306 g/mol. The van der Waals surface area contributed by atoms with Crippen LogP contribution in [0.4, 0.5) is 4.39 Å². The quantitative estimate of drug-likeness (QED) is 0.857. The lowest BCUT2D eigenvalue weighted by Gasteiger charge is -2.06. The van der Waals surface area contributed by atoms with Crippen LogP contribution in [-0.4, -0.2) is 0 Å². The lowest BCUT2D eigenvalue weighted by molar-refractivity contribution is 0.305. The summed E-state index contributed by atoms with van der Waals surface area (Å²) < 4.78 is 19.7. The Labute approximate surface area is 113 Å². The third-order valence-electron chi connectivity index (χ3n) is 2.31. The van der Waals surface area contributed by atoms with Crippen molar-refractivity contribution in [2.45, 2.75) is 6.61 Å². The predicted molar refractivity (Wildman–Crippen MR) is 69.6 cm³/mol. The molecule has 2 aromatic rings. The second kappa shape index (κ2) is 5.65. The van der Waals surface area contributed by atoms with Crippen LogP contribution in [0.5, 0.6) is 5.75 Å². The SMILES string of the molecule is N#Cc1cc(F)cc(COc2ccc(Br)cc2)c1. The lowest BCUT2D eigenvalue weighted by atomic mass is 10.1. The number of hydrogen-bond donors (Lipinski definition) is 0. The van der Waals surface area contributed by atoms with Gasteiger partial charge in [-0.25, -0.2) is 4.39 Å². The first-order valence-electron chi connectivity index (χ1n) is 5.25. The first kappa shape index (κ1) is 12.6. The van der Waals surface area contributed by atoms with Gasteiger partial charge in [-0.05, 0) is 48.0 Å². The molecule has 0 atom stereocenters. The van der Waals surface area contributed by atoms with E-state index < -0.39 is 5.82 Å². The van der Waals surface area contributed by atoms with Gasteiger partial charge in [-0.15, -0.1) is 0 Å². The lowest BCUT2D eigenvalue weighted by Crippen LogP contribution is -1.96. The maximum atomic E-state index is 13.2. The Morgan fingerprint density at radius 3 is 2.56 bits per heavy atom. The van der Waals surface area contributed by atoms with Crippen molar-refractivity contribution in [3.05, 3.63) is 63.9 Å². The molecule has 0 saturated heterocycles. The van der Waals surface area contributed by atoms with Gasteiger partial charge in [-0.1, -0.05) is 15.9 Å². The summed E-state index contributed by atoms with van der Waals surface area (Å²) in [5, 5.41) is 8.74. The van der Waals surface area contributed by atoms with E-state index in [0.717, 1.165) is 4.47 Å². The van der Waals surface area contributed by atoms with Crippen LogP contribution in [0.2, 0.25) is 0 Å². The Balaban J connectivity index is 2.08. The Bertz CT molecular complexity index is 590. The van der Waals surface area contributed by atoms with Crippen molar-refractivity contribution in [3.8, 4) is 11.8 Å². The van der Waals surface area contributed by atoms with Crippen molar-refractivity contribution in [1.29, 1.82) is 5.26 Å². The first-order chi connectivity index (χ1) is 8.67. The fourth-order valence-electron chi connectivity index (χ4n) is 1.50. The van der Waals surface area contributed by atoms with Crippen LogP contribution in [0, 0.1) is 17.1 Å². The molecule has 0 aliphatic carbocycles. The van der Waals surface area contributed by atoms with Crippen LogP contribution in [0.1, 0.15) is 11.1 Å². The number of hydrogen-bond acceptors (Lipinski definition) is 2. The topological polar surface area (TPSA) is 33.0 Å². The number of halogens is 2. The summed E-state index contributed by atoms with van der Waals surface area (Å²) in [6, 6.07) is 13.4. The highest BCUT2D eigenvalue weighted by Gasteiger charge is 2.01. The normalized spacial score (nSPS) is 9.83. The molecule has 0 amide bonds. The zero-order chi connectivity index (χ0) is 13.0. The molecule has 0 aliphatic rings. The average Bonchev–Trinajstić information content (AvgIpc) is 2.37. The van der Waals surface area contributed by atoms with Crippen LogP contribution in [0.3, 0.4) is 0 Å². The number of nitriles is 1. The molecule has 2 aromatic carbocycles. The summed E-state index contributed by atoms with van der Waals surface area (Å²) in [4.78, 5) is 0. The highest BCUT2D eigenvalue weighted by Crippen LogP contribution is 2.18. The summed E-state index contributed by atoms with van der Waals surface area (Å²) in [7, 11) is 0. The molecule has 0 bridgehead atoms. The van der Waals surface area contributed by atoms with Crippen LogP contribution in [-0.2, 0) is 6.61 Å². The van der Waals surface area contributed by atoms with Gasteiger partial charge in [-0.3, -0.25) is 0 Å². The molecule has 0 aromatic heterocycles. The number of rotatable bonds is 3. The standard InChI is InChI=1S/C14H9BrFNO/c15-12-1-3-14(4-2-12)18-9-11-5-10(8-17)6-13(16)7-11/h1-7H,9H2. The molecule has 0 heterocycles. The molecule has 0 N–H and O–H groups in total. The minimum absolute atomic E-state index is 0.230. The molecular weight excluding hydrogens is 297 g/mol. The number of ether oxygens (including phenoxy) is 1. The van der Waals surface area contributed by atoms with Crippen LogP contribution in [0.15, 0.2) is 46.9 Å². The Morgan fingerprint density at radius 1 is 1.17 bits per heavy atom. The molecule has 0 unspecified atom stereocenters. The highest BCUT2D eigenvalue weighted by atomic mass is 79.9. The largest absolute Gasteiger partial charge is 0.489 e.